The van der Waals surface area contributed by atoms with Crippen LogP contribution in [0.2, 0.25) is 0 Å². The van der Waals surface area contributed by atoms with Crippen molar-refractivity contribution >= 4 is 33.8 Å². The number of rotatable bonds is 2. The minimum Gasteiger partial charge on any atom is -0.465 e. The number of nitrogens with zero attached hydrogens (tertiary/aromatic N) is 1. The lowest BCUT2D eigenvalue weighted by molar-refractivity contribution is 0.129. The Kier molecular flexibility index (Phi) is 4.34. The van der Waals surface area contributed by atoms with Gasteiger partial charge in [0, 0.05) is 15.9 Å². The fourth-order valence-electron chi connectivity index (χ4n) is 1.91. The van der Waals surface area contributed by atoms with Crippen molar-refractivity contribution in [1.29, 1.82) is 0 Å². The van der Waals surface area contributed by atoms with Crippen LogP contribution in [-0.2, 0) is 0 Å². The summed E-state index contributed by atoms with van der Waals surface area (Å²) in [5.74, 6) is 0. The second-order valence-corrected chi connectivity index (χ2v) is 6.17. The molecule has 0 saturated carbocycles. The lowest BCUT2D eigenvalue weighted by Crippen LogP contribution is -2.40. The van der Waals surface area contributed by atoms with E-state index >= 15 is 0 Å². The molecule has 1 unspecified atom stereocenters. The summed E-state index contributed by atoms with van der Waals surface area (Å²) in [6.07, 6.45) is 2.22. The van der Waals surface area contributed by atoms with E-state index in [1.807, 2.05) is 24.3 Å². The molecule has 17 heavy (non-hydrogen) atoms. The van der Waals surface area contributed by atoms with Crippen LogP contribution in [0.4, 0.5) is 4.79 Å². The third-order valence-electron chi connectivity index (χ3n) is 2.78. The fraction of sp³-hybridized carbons (Fsp3) is 0.417. The van der Waals surface area contributed by atoms with Gasteiger partial charge in [0.05, 0.1) is 5.37 Å². The van der Waals surface area contributed by atoms with Crippen molar-refractivity contribution < 1.29 is 9.90 Å². The molecule has 0 bridgehead atoms. The average Bonchev–Trinajstić information content (AvgIpc) is 2.32. The average molecular weight is 316 g/mol. The van der Waals surface area contributed by atoms with Crippen LogP contribution in [0.15, 0.2) is 33.6 Å². The molecule has 0 spiro atoms. The molecule has 2 rings (SSSR count). The molecule has 1 atom stereocenters. The molecule has 0 aliphatic carbocycles. The number of hydrogen-bond acceptors (Lipinski definition) is 2. The van der Waals surface area contributed by atoms with Gasteiger partial charge in [0.2, 0.25) is 0 Å². The van der Waals surface area contributed by atoms with Crippen LogP contribution in [0.5, 0.6) is 0 Å². The molecule has 1 aromatic carbocycles. The van der Waals surface area contributed by atoms with Gasteiger partial charge in [-0.05, 0) is 43.5 Å². The standard InChI is InChI=1S/C12H14BrNO2S/c13-9-4-6-10(7-5-9)17-11-3-1-2-8-14(11)12(15)16/h4-7,11H,1-3,8H2,(H,15,16). The maximum absolute atomic E-state index is 11.1. The van der Waals surface area contributed by atoms with Crippen molar-refractivity contribution in [3.63, 3.8) is 0 Å². The highest BCUT2D eigenvalue weighted by atomic mass is 79.9. The van der Waals surface area contributed by atoms with Gasteiger partial charge in [-0.3, -0.25) is 4.90 Å². The first-order valence-corrected chi connectivity index (χ1v) is 7.26. The van der Waals surface area contributed by atoms with Crippen molar-refractivity contribution in [3.8, 4) is 0 Å². The number of benzene rings is 1. The Morgan fingerprint density at radius 2 is 2.06 bits per heavy atom. The van der Waals surface area contributed by atoms with Crippen LogP contribution in [0, 0.1) is 0 Å². The number of carboxylic acid groups (broad SMARTS) is 1. The Bertz CT molecular complexity index is 396. The van der Waals surface area contributed by atoms with Gasteiger partial charge in [-0.1, -0.05) is 15.9 Å². The number of piperidine rings is 1. The Morgan fingerprint density at radius 1 is 1.35 bits per heavy atom. The molecule has 1 heterocycles. The Hall–Kier alpha value is -0.680. The quantitative estimate of drug-likeness (QED) is 0.895. The van der Waals surface area contributed by atoms with E-state index in [-0.39, 0.29) is 5.37 Å². The number of hydrogen-bond donors (Lipinski definition) is 1. The number of halogens is 1. The third-order valence-corrected chi connectivity index (χ3v) is 4.61. The van der Waals surface area contributed by atoms with Crippen molar-refractivity contribution in [2.75, 3.05) is 6.54 Å². The molecule has 1 amide bonds. The molecular weight excluding hydrogens is 302 g/mol. The predicted octanol–water partition coefficient (Wildman–Crippen LogP) is 4.03. The van der Waals surface area contributed by atoms with E-state index in [1.165, 1.54) is 0 Å². The van der Waals surface area contributed by atoms with Gasteiger partial charge in [0.25, 0.3) is 0 Å². The first-order valence-electron chi connectivity index (χ1n) is 5.58. The Morgan fingerprint density at radius 3 is 2.71 bits per heavy atom. The molecule has 3 nitrogen and oxygen atoms in total. The van der Waals surface area contributed by atoms with E-state index < -0.39 is 6.09 Å². The number of amides is 1. The number of thioether (sulfide) groups is 1. The van der Waals surface area contributed by atoms with Crippen molar-refractivity contribution in [2.45, 2.75) is 29.5 Å². The number of likely N-dealkylation sites (tertiary alicyclic amines) is 1. The normalized spacial score (nSPS) is 20.3. The fourth-order valence-corrected chi connectivity index (χ4v) is 3.39. The zero-order chi connectivity index (χ0) is 12.3. The van der Waals surface area contributed by atoms with Gasteiger partial charge >= 0.3 is 6.09 Å². The summed E-state index contributed by atoms with van der Waals surface area (Å²) >= 11 is 5.03. The highest BCUT2D eigenvalue weighted by Gasteiger charge is 2.26. The predicted molar refractivity (Wildman–Crippen MR) is 72.4 cm³/mol. The second-order valence-electron chi connectivity index (χ2n) is 4.00. The third kappa shape index (κ3) is 3.39. The SMILES string of the molecule is O=C(O)N1CCCCC1Sc1ccc(Br)cc1. The molecule has 1 saturated heterocycles. The molecular formula is C12H14BrNO2S. The second kappa shape index (κ2) is 5.78. The lowest BCUT2D eigenvalue weighted by Gasteiger charge is -2.32. The number of carbonyl (C=O) groups is 1. The van der Waals surface area contributed by atoms with Crippen LogP contribution >= 0.6 is 27.7 Å². The highest BCUT2D eigenvalue weighted by Crippen LogP contribution is 2.32. The van der Waals surface area contributed by atoms with Gasteiger partial charge in [0.1, 0.15) is 0 Å². The van der Waals surface area contributed by atoms with Crippen LogP contribution in [0.1, 0.15) is 19.3 Å². The van der Waals surface area contributed by atoms with Crippen molar-refractivity contribution in [3.05, 3.63) is 28.7 Å². The molecule has 0 aromatic heterocycles. The van der Waals surface area contributed by atoms with E-state index in [0.717, 1.165) is 28.6 Å². The van der Waals surface area contributed by atoms with Gasteiger partial charge in [-0.25, -0.2) is 4.79 Å². The smallest absolute Gasteiger partial charge is 0.408 e. The Labute approximate surface area is 113 Å². The molecule has 1 aromatic rings. The van der Waals surface area contributed by atoms with Crippen LogP contribution in [0.25, 0.3) is 0 Å². The van der Waals surface area contributed by atoms with E-state index in [4.69, 9.17) is 5.11 Å². The maximum atomic E-state index is 11.1. The monoisotopic (exact) mass is 315 g/mol. The summed E-state index contributed by atoms with van der Waals surface area (Å²) in [5, 5.41) is 9.19. The van der Waals surface area contributed by atoms with E-state index in [9.17, 15) is 4.79 Å². The highest BCUT2D eigenvalue weighted by molar-refractivity contribution is 9.10. The minimum atomic E-state index is -0.806. The summed E-state index contributed by atoms with van der Waals surface area (Å²) in [4.78, 5) is 13.8. The van der Waals surface area contributed by atoms with Crippen LogP contribution in [0.3, 0.4) is 0 Å². The summed E-state index contributed by atoms with van der Waals surface area (Å²) in [6.45, 7) is 0.656. The van der Waals surface area contributed by atoms with Gasteiger partial charge in [-0.15, -0.1) is 11.8 Å². The Balaban J connectivity index is 2.05. The molecule has 1 fully saturated rings. The molecule has 92 valence electrons. The summed E-state index contributed by atoms with van der Waals surface area (Å²) in [6, 6.07) is 8.00. The largest absolute Gasteiger partial charge is 0.465 e. The summed E-state index contributed by atoms with van der Waals surface area (Å²) in [7, 11) is 0. The van der Waals surface area contributed by atoms with Gasteiger partial charge < -0.3 is 5.11 Å². The van der Waals surface area contributed by atoms with E-state index in [0.29, 0.717) is 6.54 Å². The minimum absolute atomic E-state index is 0.0578. The molecule has 5 heteroatoms. The topological polar surface area (TPSA) is 40.5 Å². The first kappa shape index (κ1) is 12.8. The molecule has 1 N–H and O–H groups in total. The summed E-state index contributed by atoms with van der Waals surface area (Å²) in [5.41, 5.74) is 0. The van der Waals surface area contributed by atoms with Gasteiger partial charge in [-0.2, -0.15) is 0 Å². The molecule has 0 radical (unpaired) electrons. The summed E-state index contributed by atoms with van der Waals surface area (Å²) < 4.78 is 1.04. The zero-order valence-corrected chi connectivity index (χ0v) is 11.7. The molecule has 1 aliphatic heterocycles. The molecule has 1 aliphatic rings. The van der Waals surface area contributed by atoms with Crippen LogP contribution < -0.4 is 0 Å². The van der Waals surface area contributed by atoms with Crippen molar-refractivity contribution in [2.24, 2.45) is 0 Å². The lowest BCUT2D eigenvalue weighted by atomic mass is 10.1. The van der Waals surface area contributed by atoms with E-state index in [1.54, 1.807) is 16.7 Å². The maximum Gasteiger partial charge on any atom is 0.408 e. The zero-order valence-electron chi connectivity index (χ0n) is 9.30. The first-order chi connectivity index (χ1) is 8.16. The van der Waals surface area contributed by atoms with Crippen LogP contribution in [-0.4, -0.2) is 28.0 Å². The van der Waals surface area contributed by atoms with Crippen molar-refractivity contribution in [1.82, 2.24) is 4.90 Å². The van der Waals surface area contributed by atoms with E-state index in [2.05, 4.69) is 15.9 Å². The van der Waals surface area contributed by atoms with Gasteiger partial charge in [0.15, 0.2) is 0 Å².